The van der Waals surface area contributed by atoms with Crippen molar-refractivity contribution in [2.45, 2.75) is 39.0 Å². The van der Waals surface area contributed by atoms with Crippen molar-refractivity contribution in [3.63, 3.8) is 0 Å². The molecule has 0 radical (unpaired) electrons. The fourth-order valence-electron chi connectivity index (χ4n) is 3.60. The molecule has 0 aliphatic rings. The molecule has 0 aromatic heterocycles. The molecule has 0 aromatic carbocycles. The largest absolute Gasteiger partial charge is 0.379 e. The first-order valence-corrected chi connectivity index (χ1v) is 19.0. The Labute approximate surface area is 298 Å². The van der Waals surface area contributed by atoms with Gasteiger partial charge in [0.05, 0.1) is 165 Å². The standard InChI is InChI=1S/C33H67IO13/c1-2-3-4-5-6-8-35-10-12-37-14-16-39-18-20-41-22-24-43-26-28-45-30-32-47-33-31-46-29-27-44-25-23-42-21-19-40-17-15-38-13-11-36-9-7-34/h2-33H2,1H3. The van der Waals surface area contributed by atoms with Gasteiger partial charge in [0.15, 0.2) is 0 Å². The van der Waals surface area contributed by atoms with E-state index in [1.807, 2.05) is 0 Å². The van der Waals surface area contributed by atoms with Gasteiger partial charge >= 0.3 is 0 Å². The Morgan fingerprint density at radius 1 is 0.234 bits per heavy atom. The molecule has 0 saturated carbocycles. The van der Waals surface area contributed by atoms with Crippen LogP contribution in [0, 0.1) is 0 Å². The van der Waals surface area contributed by atoms with E-state index in [1.54, 1.807) is 0 Å². The van der Waals surface area contributed by atoms with E-state index in [-0.39, 0.29) is 0 Å². The molecule has 0 aliphatic carbocycles. The van der Waals surface area contributed by atoms with Gasteiger partial charge in [-0.1, -0.05) is 55.2 Å². The van der Waals surface area contributed by atoms with Crippen molar-refractivity contribution in [3.05, 3.63) is 0 Å². The lowest BCUT2D eigenvalue weighted by molar-refractivity contribution is -0.0289. The van der Waals surface area contributed by atoms with Gasteiger partial charge in [-0.15, -0.1) is 0 Å². The Morgan fingerprint density at radius 3 is 0.638 bits per heavy atom. The molecular formula is C33H67IO13. The lowest BCUT2D eigenvalue weighted by Gasteiger charge is -2.09. The van der Waals surface area contributed by atoms with Gasteiger partial charge in [-0.05, 0) is 6.42 Å². The van der Waals surface area contributed by atoms with Gasteiger partial charge in [0, 0.05) is 11.0 Å². The van der Waals surface area contributed by atoms with E-state index in [9.17, 15) is 0 Å². The molecule has 0 N–H and O–H groups in total. The SMILES string of the molecule is CCCCCCCOCCOCCOCCOCCOCCOCCOCCOCCOCCOCCOCCOCCOCCI. The first-order chi connectivity index (χ1) is 23.4. The van der Waals surface area contributed by atoms with Crippen LogP contribution in [0.2, 0.25) is 0 Å². The minimum atomic E-state index is 0.517. The zero-order valence-electron chi connectivity index (χ0n) is 29.3. The molecule has 0 rings (SSSR count). The summed E-state index contributed by atoms with van der Waals surface area (Å²) in [4.78, 5) is 0. The number of rotatable bonds is 44. The normalized spacial score (nSPS) is 11.6. The van der Waals surface area contributed by atoms with Crippen LogP contribution >= 0.6 is 22.6 Å². The zero-order chi connectivity index (χ0) is 33.8. The van der Waals surface area contributed by atoms with Crippen molar-refractivity contribution in [1.82, 2.24) is 0 Å². The Bertz CT molecular complexity index is 497. The summed E-state index contributed by atoms with van der Waals surface area (Å²) >= 11 is 2.28. The summed E-state index contributed by atoms with van der Waals surface area (Å²) in [5.74, 6) is 0. The number of unbranched alkanes of at least 4 members (excludes halogenated alkanes) is 4. The number of hydrogen-bond donors (Lipinski definition) is 0. The molecular weight excluding hydrogens is 731 g/mol. The monoisotopic (exact) mass is 798 g/mol. The summed E-state index contributed by atoms with van der Waals surface area (Å²) in [6.07, 6.45) is 6.28. The molecule has 0 saturated heterocycles. The van der Waals surface area contributed by atoms with E-state index in [4.69, 9.17) is 61.6 Å². The fraction of sp³-hybridized carbons (Fsp3) is 1.00. The summed E-state index contributed by atoms with van der Waals surface area (Å²) in [7, 11) is 0. The van der Waals surface area contributed by atoms with Crippen LogP contribution in [0.3, 0.4) is 0 Å². The lowest BCUT2D eigenvalue weighted by atomic mass is 10.2. The van der Waals surface area contributed by atoms with Crippen LogP contribution in [0.15, 0.2) is 0 Å². The quantitative estimate of drug-likeness (QED) is 0.0508. The van der Waals surface area contributed by atoms with Gasteiger partial charge in [-0.25, -0.2) is 0 Å². The van der Waals surface area contributed by atoms with Gasteiger partial charge < -0.3 is 61.6 Å². The Morgan fingerprint density at radius 2 is 0.426 bits per heavy atom. The maximum absolute atomic E-state index is 5.56. The number of hydrogen-bond acceptors (Lipinski definition) is 13. The summed E-state index contributed by atoms with van der Waals surface area (Å²) in [6, 6.07) is 0. The van der Waals surface area contributed by atoms with Crippen LogP contribution in [-0.4, -0.2) is 176 Å². The number of alkyl halides is 1. The van der Waals surface area contributed by atoms with Crippen molar-refractivity contribution in [3.8, 4) is 0 Å². The van der Waals surface area contributed by atoms with E-state index >= 15 is 0 Å². The predicted molar refractivity (Wildman–Crippen MR) is 188 cm³/mol. The molecule has 0 unspecified atom stereocenters. The van der Waals surface area contributed by atoms with Gasteiger partial charge in [0.1, 0.15) is 0 Å². The Balaban J connectivity index is 3.03. The molecule has 0 atom stereocenters. The third kappa shape index (κ3) is 46.2. The molecule has 0 aromatic rings. The molecule has 14 heteroatoms. The molecule has 13 nitrogen and oxygen atoms in total. The molecule has 284 valence electrons. The van der Waals surface area contributed by atoms with Crippen molar-refractivity contribution in [2.75, 3.05) is 176 Å². The highest BCUT2D eigenvalue weighted by atomic mass is 127. The fourth-order valence-corrected chi connectivity index (χ4v) is 3.91. The highest BCUT2D eigenvalue weighted by molar-refractivity contribution is 14.1. The lowest BCUT2D eigenvalue weighted by Crippen LogP contribution is -2.15. The van der Waals surface area contributed by atoms with Crippen molar-refractivity contribution in [1.29, 1.82) is 0 Å². The van der Waals surface area contributed by atoms with Crippen LogP contribution in [-0.2, 0) is 61.6 Å². The smallest absolute Gasteiger partial charge is 0.0701 e. The summed E-state index contributed by atoms with van der Waals surface area (Å²) in [5, 5.41) is 0. The van der Waals surface area contributed by atoms with E-state index in [1.165, 1.54) is 25.7 Å². The predicted octanol–water partition coefficient (Wildman–Crippen LogP) is 3.61. The molecule has 0 bridgehead atoms. The van der Waals surface area contributed by atoms with Gasteiger partial charge in [-0.3, -0.25) is 0 Å². The van der Waals surface area contributed by atoms with Crippen LogP contribution in [0.5, 0.6) is 0 Å². The molecule has 0 heterocycles. The molecule has 47 heavy (non-hydrogen) atoms. The van der Waals surface area contributed by atoms with Crippen molar-refractivity contribution < 1.29 is 61.6 Å². The molecule has 0 fully saturated rings. The maximum atomic E-state index is 5.56. The zero-order valence-corrected chi connectivity index (χ0v) is 31.5. The number of halogens is 1. The van der Waals surface area contributed by atoms with Crippen molar-refractivity contribution in [2.24, 2.45) is 0 Å². The van der Waals surface area contributed by atoms with E-state index in [0.717, 1.165) is 24.1 Å². The Hall–Kier alpha value is 0.210. The second-order valence-electron chi connectivity index (χ2n) is 10.1. The average Bonchev–Trinajstić information content (AvgIpc) is 3.08. The third-order valence-electron chi connectivity index (χ3n) is 6.08. The topological polar surface area (TPSA) is 120 Å². The van der Waals surface area contributed by atoms with Crippen LogP contribution in [0.25, 0.3) is 0 Å². The van der Waals surface area contributed by atoms with E-state index in [0.29, 0.717) is 159 Å². The Kier molecular flexibility index (Phi) is 46.4. The maximum Gasteiger partial charge on any atom is 0.0701 e. The molecule has 0 amide bonds. The van der Waals surface area contributed by atoms with Crippen LogP contribution < -0.4 is 0 Å². The minimum absolute atomic E-state index is 0.517. The summed E-state index contributed by atoms with van der Waals surface area (Å²) in [6.45, 7) is 16.9. The molecule has 0 aliphatic heterocycles. The average molecular weight is 799 g/mol. The van der Waals surface area contributed by atoms with E-state index < -0.39 is 0 Å². The summed E-state index contributed by atoms with van der Waals surface area (Å²) in [5.41, 5.74) is 0. The summed E-state index contributed by atoms with van der Waals surface area (Å²) < 4.78 is 72.1. The van der Waals surface area contributed by atoms with Gasteiger partial charge in [-0.2, -0.15) is 0 Å². The van der Waals surface area contributed by atoms with Gasteiger partial charge in [0.25, 0.3) is 0 Å². The molecule has 0 spiro atoms. The van der Waals surface area contributed by atoms with Crippen molar-refractivity contribution >= 4 is 22.6 Å². The second-order valence-corrected chi connectivity index (χ2v) is 11.1. The van der Waals surface area contributed by atoms with Gasteiger partial charge in [0.2, 0.25) is 0 Å². The third-order valence-corrected chi connectivity index (χ3v) is 6.52. The van der Waals surface area contributed by atoms with Crippen LogP contribution in [0.4, 0.5) is 0 Å². The minimum Gasteiger partial charge on any atom is -0.379 e. The van der Waals surface area contributed by atoms with Crippen LogP contribution in [0.1, 0.15) is 39.0 Å². The highest BCUT2D eigenvalue weighted by Crippen LogP contribution is 2.02. The highest BCUT2D eigenvalue weighted by Gasteiger charge is 1.97. The first kappa shape index (κ1) is 47.2. The first-order valence-electron chi connectivity index (χ1n) is 17.5. The number of ether oxygens (including phenoxy) is 13. The van der Waals surface area contributed by atoms with E-state index in [2.05, 4.69) is 29.5 Å². The second kappa shape index (κ2) is 46.2.